The van der Waals surface area contributed by atoms with E-state index >= 15 is 0 Å². The van der Waals surface area contributed by atoms with Crippen LogP contribution in [-0.2, 0) is 14.1 Å². The molecule has 1 amide bonds. The lowest BCUT2D eigenvalue weighted by molar-refractivity contribution is -0.0326. The highest BCUT2D eigenvalue weighted by atomic mass is 16.2. The van der Waals surface area contributed by atoms with Gasteiger partial charge in [0.2, 0.25) is 0 Å². The SMILES string of the molecule is Cn1cc(C2N(C(=O)c3cn(C)c(=O)[nH]3)CC2(C)C)cn1. The number of imidazole rings is 1. The molecule has 0 bridgehead atoms. The first-order valence-corrected chi connectivity index (χ1v) is 6.85. The molecule has 1 atom stereocenters. The molecule has 0 aliphatic carbocycles. The highest BCUT2D eigenvalue weighted by Crippen LogP contribution is 2.48. The van der Waals surface area contributed by atoms with Gasteiger partial charge < -0.3 is 14.5 Å². The van der Waals surface area contributed by atoms with Crippen molar-refractivity contribution in [2.45, 2.75) is 19.9 Å². The smallest absolute Gasteiger partial charge is 0.325 e. The first kappa shape index (κ1) is 13.7. The van der Waals surface area contributed by atoms with E-state index in [2.05, 4.69) is 23.9 Å². The molecule has 1 aliphatic rings. The van der Waals surface area contributed by atoms with Gasteiger partial charge in [-0.15, -0.1) is 0 Å². The van der Waals surface area contributed by atoms with Gasteiger partial charge in [0.25, 0.3) is 5.91 Å². The Morgan fingerprint density at radius 3 is 2.57 bits per heavy atom. The Bertz CT molecular complexity index is 752. The minimum Gasteiger partial charge on any atom is -0.329 e. The van der Waals surface area contributed by atoms with Crippen molar-refractivity contribution in [1.82, 2.24) is 24.2 Å². The first-order valence-electron chi connectivity index (χ1n) is 6.85. The van der Waals surface area contributed by atoms with Crippen LogP contribution in [0.1, 0.15) is 35.9 Å². The fourth-order valence-corrected chi connectivity index (χ4v) is 3.08. The number of H-pyrrole nitrogens is 1. The summed E-state index contributed by atoms with van der Waals surface area (Å²) in [5.74, 6) is -0.152. The van der Waals surface area contributed by atoms with Crippen LogP contribution in [0.4, 0.5) is 0 Å². The topological polar surface area (TPSA) is 75.9 Å². The van der Waals surface area contributed by atoms with Gasteiger partial charge in [-0.3, -0.25) is 9.48 Å². The third-order valence-corrected chi connectivity index (χ3v) is 4.05. The van der Waals surface area contributed by atoms with E-state index in [1.165, 1.54) is 10.8 Å². The fourth-order valence-electron chi connectivity index (χ4n) is 3.08. The highest BCUT2D eigenvalue weighted by Gasteiger charge is 2.49. The van der Waals surface area contributed by atoms with Crippen LogP contribution in [-0.4, -0.2) is 36.7 Å². The number of carbonyl (C=O) groups is 1. The van der Waals surface area contributed by atoms with E-state index in [1.54, 1.807) is 22.8 Å². The molecule has 3 rings (SSSR count). The molecule has 3 heterocycles. The molecule has 7 nitrogen and oxygen atoms in total. The molecule has 1 saturated heterocycles. The second kappa shape index (κ2) is 4.34. The molecule has 0 aromatic carbocycles. The van der Waals surface area contributed by atoms with Crippen LogP contribution >= 0.6 is 0 Å². The Balaban J connectivity index is 1.92. The van der Waals surface area contributed by atoms with E-state index < -0.39 is 0 Å². The predicted octanol–water partition coefficient (Wildman–Crippen LogP) is 0.670. The van der Waals surface area contributed by atoms with Gasteiger partial charge in [-0.05, 0) is 0 Å². The lowest BCUT2D eigenvalue weighted by Gasteiger charge is -2.53. The number of carbonyl (C=O) groups excluding carboxylic acids is 1. The molecular formula is C14H19N5O2. The number of aryl methyl sites for hydroxylation is 2. The molecule has 1 unspecified atom stereocenters. The molecule has 1 aliphatic heterocycles. The minimum absolute atomic E-state index is 0.00618. The average molecular weight is 289 g/mol. The number of hydrogen-bond donors (Lipinski definition) is 1. The number of rotatable bonds is 2. The van der Waals surface area contributed by atoms with Gasteiger partial charge in [-0.1, -0.05) is 13.8 Å². The second-order valence-corrected chi connectivity index (χ2v) is 6.36. The standard InChI is InChI=1S/C14H19N5O2/c1-14(2)8-19(11(14)9-5-15-18(4)6-9)12(20)10-7-17(3)13(21)16-10/h5-7,11H,8H2,1-4H3,(H,16,21). The quantitative estimate of drug-likeness (QED) is 0.883. The summed E-state index contributed by atoms with van der Waals surface area (Å²) in [6, 6.07) is -0.0255. The summed E-state index contributed by atoms with van der Waals surface area (Å²) in [5.41, 5.74) is 1.05. The van der Waals surface area contributed by atoms with E-state index in [1.807, 2.05) is 13.2 Å². The molecule has 2 aromatic rings. The maximum Gasteiger partial charge on any atom is 0.325 e. The lowest BCUT2D eigenvalue weighted by Crippen LogP contribution is -2.57. The summed E-state index contributed by atoms with van der Waals surface area (Å²) in [7, 11) is 3.48. The lowest BCUT2D eigenvalue weighted by atomic mass is 9.72. The van der Waals surface area contributed by atoms with Crippen molar-refractivity contribution in [3.8, 4) is 0 Å². The van der Waals surface area contributed by atoms with Crippen molar-refractivity contribution in [3.63, 3.8) is 0 Å². The van der Waals surface area contributed by atoms with E-state index in [-0.39, 0.29) is 23.1 Å². The normalized spacial score (nSPS) is 20.4. The number of hydrogen-bond acceptors (Lipinski definition) is 3. The van der Waals surface area contributed by atoms with Crippen LogP contribution in [0.2, 0.25) is 0 Å². The summed E-state index contributed by atoms with van der Waals surface area (Å²) < 4.78 is 3.11. The highest BCUT2D eigenvalue weighted by molar-refractivity contribution is 5.93. The molecule has 0 spiro atoms. The Morgan fingerprint density at radius 1 is 1.38 bits per heavy atom. The number of likely N-dealkylation sites (tertiary alicyclic amines) is 1. The third kappa shape index (κ3) is 2.09. The van der Waals surface area contributed by atoms with Crippen molar-refractivity contribution in [3.05, 3.63) is 40.3 Å². The zero-order valence-electron chi connectivity index (χ0n) is 12.6. The van der Waals surface area contributed by atoms with Gasteiger partial charge in [-0.2, -0.15) is 5.10 Å². The molecule has 21 heavy (non-hydrogen) atoms. The Morgan fingerprint density at radius 2 is 2.10 bits per heavy atom. The van der Waals surface area contributed by atoms with Crippen molar-refractivity contribution < 1.29 is 4.79 Å². The van der Waals surface area contributed by atoms with Crippen LogP contribution < -0.4 is 5.69 Å². The van der Waals surface area contributed by atoms with Crippen molar-refractivity contribution in [2.75, 3.05) is 6.54 Å². The Hall–Kier alpha value is -2.31. The Labute approximate surface area is 122 Å². The summed E-state index contributed by atoms with van der Waals surface area (Å²) in [6.45, 7) is 4.91. The zero-order valence-corrected chi connectivity index (χ0v) is 12.6. The van der Waals surface area contributed by atoms with Crippen molar-refractivity contribution in [1.29, 1.82) is 0 Å². The number of amides is 1. The third-order valence-electron chi connectivity index (χ3n) is 4.05. The molecule has 7 heteroatoms. The molecular weight excluding hydrogens is 270 g/mol. The molecule has 0 radical (unpaired) electrons. The largest absolute Gasteiger partial charge is 0.329 e. The van der Waals surface area contributed by atoms with E-state index in [9.17, 15) is 9.59 Å². The molecule has 1 fully saturated rings. The van der Waals surface area contributed by atoms with Crippen LogP contribution in [0.3, 0.4) is 0 Å². The maximum absolute atomic E-state index is 12.6. The fraction of sp³-hybridized carbons (Fsp3) is 0.500. The summed E-state index contributed by atoms with van der Waals surface area (Å²) >= 11 is 0. The molecule has 112 valence electrons. The number of aromatic nitrogens is 4. The van der Waals surface area contributed by atoms with E-state index in [0.29, 0.717) is 12.2 Å². The van der Waals surface area contributed by atoms with Crippen LogP contribution in [0, 0.1) is 5.41 Å². The summed E-state index contributed by atoms with van der Waals surface area (Å²) in [6.07, 6.45) is 5.26. The number of nitrogens with zero attached hydrogens (tertiary/aromatic N) is 4. The van der Waals surface area contributed by atoms with Crippen molar-refractivity contribution >= 4 is 5.91 Å². The second-order valence-electron chi connectivity index (χ2n) is 6.36. The van der Waals surface area contributed by atoms with Gasteiger partial charge in [0.05, 0.1) is 12.2 Å². The van der Waals surface area contributed by atoms with Gasteiger partial charge in [0.1, 0.15) is 5.69 Å². The molecule has 2 aromatic heterocycles. The van der Waals surface area contributed by atoms with E-state index in [4.69, 9.17) is 0 Å². The number of nitrogens with one attached hydrogen (secondary N) is 1. The predicted molar refractivity (Wildman–Crippen MR) is 76.8 cm³/mol. The van der Waals surface area contributed by atoms with E-state index in [0.717, 1.165) is 5.56 Å². The van der Waals surface area contributed by atoms with Gasteiger partial charge in [-0.25, -0.2) is 4.79 Å². The number of aromatic amines is 1. The van der Waals surface area contributed by atoms with Crippen LogP contribution in [0.5, 0.6) is 0 Å². The molecule has 1 N–H and O–H groups in total. The maximum atomic E-state index is 12.6. The monoisotopic (exact) mass is 289 g/mol. The molecule has 0 saturated carbocycles. The van der Waals surface area contributed by atoms with Gasteiger partial charge >= 0.3 is 5.69 Å². The minimum atomic E-state index is -0.281. The average Bonchev–Trinajstić information content (AvgIpc) is 2.93. The Kier molecular flexibility index (Phi) is 2.82. The van der Waals surface area contributed by atoms with Gasteiger partial charge in [0, 0.05) is 44.0 Å². The first-order chi connectivity index (χ1) is 9.79. The zero-order chi connectivity index (χ0) is 15.4. The summed E-state index contributed by atoms with van der Waals surface area (Å²) in [4.78, 5) is 28.4. The van der Waals surface area contributed by atoms with Crippen LogP contribution in [0.25, 0.3) is 0 Å². The van der Waals surface area contributed by atoms with Gasteiger partial charge in [0.15, 0.2) is 0 Å². The van der Waals surface area contributed by atoms with Crippen molar-refractivity contribution in [2.24, 2.45) is 19.5 Å². The van der Waals surface area contributed by atoms with Crippen LogP contribution in [0.15, 0.2) is 23.4 Å². The summed E-state index contributed by atoms with van der Waals surface area (Å²) in [5, 5.41) is 4.19.